The molecule has 0 aromatic heterocycles. The summed E-state index contributed by atoms with van der Waals surface area (Å²) in [5.74, 6) is 0.644. The Kier molecular flexibility index (Phi) is 4.00. The fourth-order valence-corrected chi connectivity index (χ4v) is 2.44. The molecular weight excluding hydrogens is 215 g/mol. The van der Waals surface area contributed by atoms with E-state index >= 15 is 0 Å². The predicted octanol–water partition coefficient (Wildman–Crippen LogP) is 2.56. The number of rotatable bonds is 5. The van der Waals surface area contributed by atoms with Crippen LogP contribution in [0.15, 0.2) is 18.2 Å². The molecule has 1 aromatic rings. The molecule has 1 aromatic carbocycles. The van der Waals surface area contributed by atoms with Gasteiger partial charge in [0.05, 0.1) is 0 Å². The molecular formula is C14H21FN2. The van der Waals surface area contributed by atoms with Crippen LogP contribution in [0.3, 0.4) is 0 Å². The van der Waals surface area contributed by atoms with Crippen molar-refractivity contribution in [2.75, 3.05) is 25.0 Å². The summed E-state index contributed by atoms with van der Waals surface area (Å²) < 4.78 is 13.2. The van der Waals surface area contributed by atoms with E-state index in [4.69, 9.17) is 5.73 Å². The van der Waals surface area contributed by atoms with Gasteiger partial charge in [-0.25, -0.2) is 4.39 Å². The quantitative estimate of drug-likeness (QED) is 0.851. The molecule has 0 bridgehead atoms. The Morgan fingerprint density at radius 2 is 2.18 bits per heavy atom. The second kappa shape index (κ2) is 5.50. The Morgan fingerprint density at radius 1 is 1.41 bits per heavy atom. The number of hydrogen-bond donors (Lipinski definition) is 1. The molecule has 2 nitrogen and oxygen atoms in total. The average Bonchev–Trinajstić information content (AvgIpc) is 2.24. The van der Waals surface area contributed by atoms with E-state index in [0.717, 1.165) is 30.1 Å². The smallest absolute Gasteiger partial charge is 0.123 e. The maximum atomic E-state index is 13.2. The number of nitrogens with two attached hydrogens (primary N) is 1. The number of hydrogen-bond acceptors (Lipinski definition) is 2. The molecule has 0 saturated heterocycles. The fourth-order valence-electron chi connectivity index (χ4n) is 2.44. The summed E-state index contributed by atoms with van der Waals surface area (Å²) in [6, 6.07) is 5.02. The van der Waals surface area contributed by atoms with Crippen LogP contribution in [0, 0.1) is 11.7 Å². The lowest BCUT2D eigenvalue weighted by molar-refractivity contribution is 0.321. The summed E-state index contributed by atoms with van der Waals surface area (Å²) in [6.07, 6.45) is 4.76. The molecule has 0 spiro atoms. The Labute approximate surface area is 103 Å². The van der Waals surface area contributed by atoms with Crippen LogP contribution < -0.4 is 10.6 Å². The summed E-state index contributed by atoms with van der Waals surface area (Å²) in [6.45, 7) is 1.64. The fraction of sp³-hybridized carbons (Fsp3) is 0.571. The molecule has 0 heterocycles. The van der Waals surface area contributed by atoms with Gasteiger partial charge in [0.15, 0.2) is 0 Å². The second-order valence-electron chi connectivity index (χ2n) is 4.99. The molecule has 1 fully saturated rings. The highest BCUT2D eigenvalue weighted by Gasteiger charge is 2.20. The van der Waals surface area contributed by atoms with Crippen molar-refractivity contribution in [2.24, 2.45) is 11.7 Å². The molecule has 0 radical (unpaired) electrons. The van der Waals surface area contributed by atoms with Gasteiger partial charge in [-0.1, -0.05) is 6.42 Å². The molecule has 17 heavy (non-hydrogen) atoms. The topological polar surface area (TPSA) is 29.3 Å². The molecule has 94 valence electrons. The molecule has 1 saturated carbocycles. The van der Waals surface area contributed by atoms with Crippen LogP contribution in [-0.2, 0) is 6.42 Å². The van der Waals surface area contributed by atoms with Crippen molar-refractivity contribution in [1.82, 2.24) is 0 Å². The van der Waals surface area contributed by atoms with Gasteiger partial charge in [0.2, 0.25) is 0 Å². The normalized spacial score (nSPS) is 15.7. The van der Waals surface area contributed by atoms with E-state index in [1.807, 2.05) is 6.07 Å². The van der Waals surface area contributed by atoms with E-state index in [-0.39, 0.29) is 5.82 Å². The Hall–Kier alpha value is -1.09. The number of benzene rings is 1. The third-order valence-corrected chi connectivity index (χ3v) is 3.62. The van der Waals surface area contributed by atoms with Crippen molar-refractivity contribution >= 4 is 5.69 Å². The second-order valence-corrected chi connectivity index (χ2v) is 4.99. The van der Waals surface area contributed by atoms with Crippen LogP contribution in [0.5, 0.6) is 0 Å². The summed E-state index contributed by atoms with van der Waals surface area (Å²) in [4.78, 5) is 2.24. The first-order valence-corrected chi connectivity index (χ1v) is 6.40. The Bertz CT molecular complexity index is 374. The number of nitrogens with zero attached hydrogens (tertiary/aromatic N) is 1. The van der Waals surface area contributed by atoms with Gasteiger partial charge in [-0.15, -0.1) is 0 Å². The van der Waals surface area contributed by atoms with Crippen LogP contribution in [-0.4, -0.2) is 20.1 Å². The van der Waals surface area contributed by atoms with Crippen LogP contribution in [0.4, 0.5) is 10.1 Å². The van der Waals surface area contributed by atoms with Gasteiger partial charge < -0.3 is 10.6 Å². The standard InChI is InChI=1S/C14H21FN2/c1-17(10-11-3-2-4-11)14-6-5-13(15)9-12(14)7-8-16/h5-6,9,11H,2-4,7-8,10,16H2,1H3. The largest absolute Gasteiger partial charge is 0.374 e. The first-order chi connectivity index (χ1) is 8.20. The minimum Gasteiger partial charge on any atom is -0.374 e. The lowest BCUT2D eigenvalue weighted by Crippen LogP contribution is -2.30. The molecule has 0 amide bonds. The van der Waals surface area contributed by atoms with Crippen LogP contribution in [0.25, 0.3) is 0 Å². The van der Waals surface area contributed by atoms with Crippen LogP contribution in [0.1, 0.15) is 24.8 Å². The first-order valence-electron chi connectivity index (χ1n) is 6.40. The molecule has 1 aliphatic rings. The average molecular weight is 236 g/mol. The molecule has 0 atom stereocenters. The molecule has 2 rings (SSSR count). The minimum atomic E-state index is -0.172. The highest BCUT2D eigenvalue weighted by atomic mass is 19.1. The van der Waals surface area contributed by atoms with Gasteiger partial charge in [0.25, 0.3) is 0 Å². The van der Waals surface area contributed by atoms with Gasteiger partial charge in [-0.2, -0.15) is 0 Å². The van der Waals surface area contributed by atoms with Crippen LogP contribution in [0.2, 0.25) is 0 Å². The van der Waals surface area contributed by atoms with Crippen LogP contribution >= 0.6 is 0 Å². The zero-order valence-corrected chi connectivity index (χ0v) is 10.5. The van der Waals surface area contributed by atoms with Crippen molar-refractivity contribution in [3.8, 4) is 0 Å². The van der Waals surface area contributed by atoms with Gasteiger partial charge in [-0.05, 0) is 55.5 Å². The SMILES string of the molecule is CN(CC1CCC1)c1ccc(F)cc1CCN. The summed E-state index contributed by atoms with van der Waals surface area (Å²) in [5, 5.41) is 0. The maximum absolute atomic E-state index is 13.2. The van der Waals surface area contributed by atoms with E-state index in [1.54, 1.807) is 6.07 Å². The van der Waals surface area contributed by atoms with E-state index in [2.05, 4.69) is 11.9 Å². The number of anilines is 1. The monoisotopic (exact) mass is 236 g/mol. The third-order valence-electron chi connectivity index (χ3n) is 3.62. The van der Waals surface area contributed by atoms with Crippen molar-refractivity contribution in [2.45, 2.75) is 25.7 Å². The van der Waals surface area contributed by atoms with E-state index in [9.17, 15) is 4.39 Å². The first kappa shape index (κ1) is 12.4. The van der Waals surface area contributed by atoms with Crippen molar-refractivity contribution in [3.05, 3.63) is 29.6 Å². The molecule has 0 unspecified atom stereocenters. The van der Waals surface area contributed by atoms with E-state index in [1.165, 1.54) is 25.3 Å². The van der Waals surface area contributed by atoms with E-state index in [0.29, 0.717) is 6.54 Å². The highest BCUT2D eigenvalue weighted by molar-refractivity contribution is 5.53. The maximum Gasteiger partial charge on any atom is 0.123 e. The highest BCUT2D eigenvalue weighted by Crippen LogP contribution is 2.29. The molecule has 0 aliphatic heterocycles. The Morgan fingerprint density at radius 3 is 2.76 bits per heavy atom. The van der Waals surface area contributed by atoms with Crippen molar-refractivity contribution in [3.63, 3.8) is 0 Å². The van der Waals surface area contributed by atoms with Crippen molar-refractivity contribution < 1.29 is 4.39 Å². The predicted molar refractivity (Wildman–Crippen MR) is 69.8 cm³/mol. The molecule has 3 heteroatoms. The summed E-state index contributed by atoms with van der Waals surface area (Å²) >= 11 is 0. The number of halogens is 1. The van der Waals surface area contributed by atoms with Gasteiger partial charge >= 0.3 is 0 Å². The Balaban J connectivity index is 2.11. The zero-order valence-electron chi connectivity index (χ0n) is 10.5. The molecule has 2 N–H and O–H groups in total. The minimum absolute atomic E-state index is 0.172. The molecule has 1 aliphatic carbocycles. The third kappa shape index (κ3) is 2.97. The lowest BCUT2D eigenvalue weighted by Gasteiger charge is -2.32. The summed E-state index contributed by atoms with van der Waals surface area (Å²) in [7, 11) is 2.09. The van der Waals surface area contributed by atoms with Gasteiger partial charge in [0, 0.05) is 19.3 Å². The van der Waals surface area contributed by atoms with Gasteiger partial charge in [0.1, 0.15) is 5.82 Å². The van der Waals surface area contributed by atoms with Gasteiger partial charge in [-0.3, -0.25) is 0 Å². The lowest BCUT2D eigenvalue weighted by atomic mass is 9.85. The van der Waals surface area contributed by atoms with Crippen molar-refractivity contribution in [1.29, 1.82) is 0 Å². The summed E-state index contributed by atoms with van der Waals surface area (Å²) in [5.41, 5.74) is 7.73. The zero-order chi connectivity index (χ0) is 12.3. The van der Waals surface area contributed by atoms with E-state index < -0.39 is 0 Å².